The highest BCUT2D eigenvalue weighted by atomic mass is 35.5. The van der Waals surface area contributed by atoms with Crippen molar-refractivity contribution in [1.29, 1.82) is 0 Å². The van der Waals surface area contributed by atoms with Crippen molar-refractivity contribution in [3.05, 3.63) is 33.8 Å². The van der Waals surface area contributed by atoms with Crippen molar-refractivity contribution in [3.8, 4) is 0 Å². The van der Waals surface area contributed by atoms with Crippen molar-refractivity contribution in [3.63, 3.8) is 0 Å². The summed E-state index contributed by atoms with van der Waals surface area (Å²) in [5, 5.41) is 14.0. The summed E-state index contributed by atoms with van der Waals surface area (Å²) in [6.45, 7) is 0.353. The Kier molecular flexibility index (Phi) is 6.23. The minimum absolute atomic E-state index is 0.0135. The molecule has 3 nitrogen and oxygen atoms in total. The van der Waals surface area contributed by atoms with Gasteiger partial charge in [-0.25, -0.2) is 0 Å². The fourth-order valence-corrected chi connectivity index (χ4v) is 3.85. The second-order valence-electron chi connectivity index (χ2n) is 5.41. The number of aryl methyl sites for hydroxylation is 1. The standard InChI is InChI=1S/C15H19Cl2NO2S/c16-12-5-4-11(8-13(12)17)2-1-3-14(19)18-9-15(20)6-7-21-10-15/h4-5,8,20H,1-3,6-7,9-10H2,(H,18,19). The van der Waals surface area contributed by atoms with Gasteiger partial charge in [-0.15, -0.1) is 0 Å². The van der Waals surface area contributed by atoms with Crippen LogP contribution in [-0.2, 0) is 11.2 Å². The zero-order chi connectivity index (χ0) is 15.3. The third kappa shape index (κ3) is 5.37. The van der Waals surface area contributed by atoms with Crippen LogP contribution in [0.25, 0.3) is 0 Å². The molecule has 1 heterocycles. The second-order valence-corrected chi connectivity index (χ2v) is 7.33. The van der Waals surface area contributed by atoms with Crippen molar-refractivity contribution in [1.82, 2.24) is 5.32 Å². The molecule has 1 aliphatic rings. The molecule has 2 rings (SSSR count). The van der Waals surface area contributed by atoms with E-state index in [9.17, 15) is 9.90 Å². The Morgan fingerprint density at radius 2 is 2.19 bits per heavy atom. The van der Waals surface area contributed by atoms with Crippen LogP contribution in [0.1, 0.15) is 24.8 Å². The van der Waals surface area contributed by atoms with Gasteiger partial charge in [0, 0.05) is 18.7 Å². The van der Waals surface area contributed by atoms with E-state index in [2.05, 4.69) is 5.32 Å². The first kappa shape index (κ1) is 16.9. The Bertz CT molecular complexity index is 504. The van der Waals surface area contributed by atoms with Crippen LogP contribution in [0.15, 0.2) is 18.2 Å². The monoisotopic (exact) mass is 347 g/mol. The minimum atomic E-state index is -0.718. The molecular weight excluding hydrogens is 329 g/mol. The van der Waals surface area contributed by atoms with Gasteiger partial charge in [0.15, 0.2) is 0 Å². The first-order valence-electron chi connectivity index (χ1n) is 6.99. The van der Waals surface area contributed by atoms with Crippen molar-refractivity contribution in [2.24, 2.45) is 0 Å². The van der Waals surface area contributed by atoms with Gasteiger partial charge >= 0.3 is 0 Å². The van der Waals surface area contributed by atoms with E-state index in [0.717, 1.165) is 30.6 Å². The first-order chi connectivity index (χ1) is 9.98. The third-order valence-electron chi connectivity index (χ3n) is 3.55. The number of amides is 1. The smallest absolute Gasteiger partial charge is 0.220 e. The predicted octanol–water partition coefficient (Wildman–Crippen LogP) is 3.30. The number of carbonyl (C=O) groups is 1. The topological polar surface area (TPSA) is 49.3 Å². The molecule has 21 heavy (non-hydrogen) atoms. The van der Waals surface area contributed by atoms with E-state index in [1.54, 1.807) is 17.8 Å². The molecule has 0 radical (unpaired) electrons. The van der Waals surface area contributed by atoms with Gasteiger partial charge in [0.25, 0.3) is 0 Å². The van der Waals surface area contributed by atoms with Crippen LogP contribution < -0.4 is 5.32 Å². The zero-order valence-corrected chi connectivity index (χ0v) is 14.0. The highest BCUT2D eigenvalue weighted by molar-refractivity contribution is 7.99. The average molecular weight is 348 g/mol. The summed E-state index contributed by atoms with van der Waals surface area (Å²) in [5.41, 5.74) is 0.354. The van der Waals surface area contributed by atoms with Crippen LogP contribution in [0, 0.1) is 0 Å². The van der Waals surface area contributed by atoms with Crippen LogP contribution >= 0.6 is 35.0 Å². The molecule has 1 unspecified atom stereocenters. The molecule has 2 N–H and O–H groups in total. The number of benzene rings is 1. The fraction of sp³-hybridized carbons (Fsp3) is 0.533. The first-order valence-corrected chi connectivity index (χ1v) is 8.90. The average Bonchev–Trinajstić information content (AvgIpc) is 2.88. The zero-order valence-electron chi connectivity index (χ0n) is 11.7. The molecule has 0 aromatic heterocycles. The number of nitrogens with one attached hydrogen (secondary N) is 1. The Balaban J connectivity index is 1.68. The molecule has 1 fully saturated rings. The van der Waals surface area contributed by atoms with Gasteiger partial charge in [0.1, 0.15) is 0 Å². The SMILES string of the molecule is O=C(CCCc1ccc(Cl)c(Cl)c1)NCC1(O)CCSC1. The molecule has 1 aromatic carbocycles. The van der Waals surface area contributed by atoms with E-state index in [1.165, 1.54) is 0 Å². The van der Waals surface area contributed by atoms with Crippen molar-refractivity contribution >= 4 is 40.9 Å². The number of hydrogen-bond donors (Lipinski definition) is 2. The third-order valence-corrected chi connectivity index (χ3v) is 5.52. The summed E-state index contributed by atoms with van der Waals surface area (Å²) in [4.78, 5) is 11.8. The van der Waals surface area contributed by atoms with E-state index in [0.29, 0.717) is 28.8 Å². The van der Waals surface area contributed by atoms with Crippen LogP contribution in [0.3, 0.4) is 0 Å². The van der Waals surface area contributed by atoms with Crippen molar-refractivity contribution in [2.75, 3.05) is 18.1 Å². The lowest BCUT2D eigenvalue weighted by molar-refractivity contribution is -0.122. The molecule has 1 aliphatic heterocycles. The summed E-state index contributed by atoms with van der Waals surface area (Å²) in [6.07, 6.45) is 2.73. The van der Waals surface area contributed by atoms with E-state index in [1.807, 2.05) is 12.1 Å². The van der Waals surface area contributed by atoms with E-state index in [-0.39, 0.29) is 5.91 Å². The number of carbonyl (C=O) groups excluding carboxylic acids is 1. The molecular formula is C15H19Cl2NO2S. The van der Waals surface area contributed by atoms with Gasteiger partial charge in [-0.2, -0.15) is 11.8 Å². The molecule has 1 aromatic rings. The lowest BCUT2D eigenvalue weighted by Gasteiger charge is -2.21. The molecule has 0 aliphatic carbocycles. The van der Waals surface area contributed by atoms with Gasteiger partial charge in [-0.1, -0.05) is 29.3 Å². The normalized spacial score (nSPS) is 21.5. The number of rotatable bonds is 6. The molecule has 0 saturated carbocycles. The van der Waals surface area contributed by atoms with E-state index in [4.69, 9.17) is 23.2 Å². The van der Waals surface area contributed by atoms with Crippen LogP contribution in [-0.4, -0.2) is 34.7 Å². The maximum atomic E-state index is 11.8. The Labute approximate surface area is 139 Å². The minimum Gasteiger partial charge on any atom is -0.387 e. The Morgan fingerprint density at radius 3 is 2.86 bits per heavy atom. The molecule has 0 bridgehead atoms. The predicted molar refractivity (Wildman–Crippen MR) is 89.3 cm³/mol. The van der Waals surface area contributed by atoms with Gasteiger partial charge < -0.3 is 10.4 Å². The van der Waals surface area contributed by atoms with Crippen molar-refractivity contribution < 1.29 is 9.90 Å². The van der Waals surface area contributed by atoms with Crippen molar-refractivity contribution in [2.45, 2.75) is 31.3 Å². The largest absolute Gasteiger partial charge is 0.387 e. The lowest BCUT2D eigenvalue weighted by atomic mass is 10.0. The molecule has 1 saturated heterocycles. The summed E-state index contributed by atoms with van der Waals surface area (Å²) >= 11 is 13.5. The molecule has 116 valence electrons. The molecule has 0 spiro atoms. The van der Waals surface area contributed by atoms with E-state index >= 15 is 0 Å². The fourth-order valence-electron chi connectivity index (χ4n) is 2.24. The quantitative estimate of drug-likeness (QED) is 0.829. The number of thioether (sulfide) groups is 1. The number of hydrogen-bond acceptors (Lipinski definition) is 3. The number of aliphatic hydroxyl groups is 1. The van der Waals surface area contributed by atoms with Gasteiger partial charge in [-0.05, 0) is 42.7 Å². The maximum absolute atomic E-state index is 11.8. The highest BCUT2D eigenvalue weighted by Gasteiger charge is 2.31. The molecule has 1 amide bonds. The highest BCUT2D eigenvalue weighted by Crippen LogP contribution is 2.27. The maximum Gasteiger partial charge on any atom is 0.220 e. The number of halogens is 2. The summed E-state index contributed by atoms with van der Waals surface area (Å²) < 4.78 is 0. The van der Waals surface area contributed by atoms with Crippen LogP contribution in [0.4, 0.5) is 0 Å². The van der Waals surface area contributed by atoms with Gasteiger partial charge in [-0.3, -0.25) is 4.79 Å². The molecule has 6 heteroatoms. The Morgan fingerprint density at radius 1 is 1.38 bits per heavy atom. The lowest BCUT2D eigenvalue weighted by Crippen LogP contribution is -2.42. The van der Waals surface area contributed by atoms with E-state index < -0.39 is 5.60 Å². The summed E-state index contributed by atoms with van der Waals surface area (Å²) in [6, 6.07) is 5.53. The summed E-state index contributed by atoms with van der Waals surface area (Å²) in [7, 11) is 0. The van der Waals surface area contributed by atoms with Gasteiger partial charge in [0.2, 0.25) is 5.91 Å². The second kappa shape index (κ2) is 7.73. The van der Waals surface area contributed by atoms with Crippen LogP contribution in [0.2, 0.25) is 10.0 Å². The van der Waals surface area contributed by atoms with Crippen LogP contribution in [0.5, 0.6) is 0 Å². The summed E-state index contributed by atoms with van der Waals surface area (Å²) in [5.74, 6) is 1.65. The molecule has 1 atom stereocenters. The van der Waals surface area contributed by atoms with Gasteiger partial charge in [0.05, 0.1) is 15.6 Å². The Hall–Kier alpha value is -0.420.